The maximum atomic E-state index is 13.3. The van der Waals surface area contributed by atoms with Gasteiger partial charge in [-0.2, -0.15) is 13.2 Å². The number of ether oxygens (including phenoxy) is 1. The van der Waals surface area contributed by atoms with Crippen LogP contribution >= 0.6 is 22.9 Å². The van der Waals surface area contributed by atoms with Crippen molar-refractivity contribution in [3.05, 3.63) is 101 Å². The monoisotopic (exact) mass is 576 g/mol. The highest BCUT2D eigenvalue weighted by molar-refractivity contribution is 7.90. The third-order valence-corrected chi connectivity index (χ3v) is 7.71. The van der Waals surface area contributed by atoms with Crippen LogP contribution in [0.1, 0.15) is 4.88 Å². The first-order chi connectivity index (χ1) is 17.9. The second kappa shape index (κ2) is 11.0. The quantitative estimate of drug-likeness (QED) is 0.207. The molecule has 0 atom stereocenters. The van der Waals surface area contributed by atoms with Gasteiger partial charge in [0.25, 0.3) is 0 Å². The molecule has 38 heavy (non-hydrogen) atoms. The summed E-state index contributed by atoms with van der Waals surface area (Å²) in [5.41, 5.74) is -0.688. The van der Waals surface area contributed by atoms with Crippen molar-refractivity contribution in [3.8, 4) is 21.9 Å². The first kappa shape index (κ1) is 27.4. The highest BCUT2D eigenvalue weighted by Crippen LogP contribution is 2.38. The summed E-state index contributed by atoms with van der Waals surface area (Å²) in [4.78, 5) is 1.13. The number of allylic oxidation sites excluding steroid dienone is 1. The molecule has 0 radical (unpaired) electrons. The number of benzene rings is 3. The second-order valence-corrected chi connectivity index (χ2v) is 11.6. The molecule has 0 saturated carbocycles. The Hall–Kier alpha value is -3.60. The number of para-hydroxylation sites is 1. The fourth-order valence-corrected chi connectivity index (χ4v) is 5.17. The maximum Gasteiger partial charge on any atom is 0.432 e. The van der Waals surface area contributed by atoms with E-state index in [1.54, 1.807) is 60.7 Å². The molecule has 0 saturated heterocycles. The van der Waals surface area contributed by atoms with Gasteiger partial charge < -0.3 is 10.1 Å². The molecule has 4 aromatic rings. The lowest BCUT2D eigenvalue weighted by atomic mass is 10.2. The standard InChI is InChI=1S/C27H20ClF3N2O3S2/c1-38(34,35)20-9-5-6-17(14-20)24-12-13-25(37-24)22(16-26(32)27(29,30)31)33-21-15-18(28)10-11-23(21)36-19-7-3-2-4-8-19/h2-16,32-33H,1H3/b22-16-,32-26?. The van der Waals surface area contributed by atoms with E-state index in [1.807, 2.05) is 6.07 Å². The minimum Gasteiger partial charge on any atom is -0.455 e. The molecule has 5 nitrogen and oxygen atoms in total. The summed E-state index contributed by atoms with van der Waals surface area (Å²) in [5, 5.41) is 10.8. The van der Waals surface area contributed by atoms with E-state index < -0.39 is 21.7 Å². The van der Waals surface area contributed by atoms with E-state index in [4.69, 9.17) is 21.7 Å². The molecule has 0 spiro atoms. The first-order valence-electron chi connectivity index (χ1n) is 11.0. The van der Waals surface area contributed by atoms with Crippen molar-refractivity contribution in [2.45, 2.75) is 11.1 Å². The van der Waals surface area contributed by atoms with Gasteiger partial charge >= 0.3 is 6.18 Å². The molecule has 1 heterocycles. The van der Waals surface area contributed by atoms with Crippen LogP contribution in [0.5, 0.6) is 11.5 Å². The maximum absolute atomic E-state index is 13.3. The zero-order chi connectivity index (χ0) is 27.5. The molecular weight excluding hydrogens is 557 g/mol. The van der Waals surface area contributed by atoms with Crippen LogP contribution in [0.15, 0.2) is 95.9 Å². The summed E-state index contributed by atoms with van der Waals surface area (Å²) in [6.07, 6.45) is -3.08. The van der Waals surface area contributed by atoms with Crippen molar-refractivity contribution in [1.82, 2.24) is 0 Å². The lowest BCUT2D eigenvalue weighted by molar-refractivity contribution is -0.0583. The molecule has 1 aromatic heterocycles. The van der Waals surface area contributed by atoms with E-state index in [9.17, 15) is 21.6 Å². The number of hydrogen-bond donors (Lipinski definition) is 2. The number of halogens is 4. The SMILES string of the molecule is CS(=O)(=O)c1cccc(-c2ccc(/C(=C/C(=N)C(F)(F)F)Nc3cc(Cl)ccc3Oc3ccccc3)s2)c1. The minimum absolute atomic E-state index is 0.0111. The largest absolute Gasteiger partial charge is 0.455 e. The van der Waals surface area contributed by atoms with Gasteiger partial charge in [0.05, 0.1) is 21.2 Å². The van der Waals surface area contributed by atoms with Crippen LogP contribution in [0.4, 0.5) is 18.9 Å². The number of thiophene rings is 1. The number of alkyl halides is 3. The van der Waals surface area contributed by atoms with E-state index in [2.05, 4.69) is 5.32 Å². The highest BCUT2D eigenvalue weighted by Gasteiger charge is 2.33. The van der Waals surface area contributed by atoms with Crippen LogP contribution < -0.4 is 10.1 Å². The molecule has 0 aliphatic carbocycles. The summed E-state index contributed by atoms with van der Waals surface area (Å²) in [5.74, 6) is 0.818. The first-order valence-corrected chi connectivity index (χ1v) is 14.1. The van der Waals surface area contributed by atoms with Crippen LogP contribution in [-0.4, -0.2) is 26.6 Å². The van der Waals surface area contributed by atoms with Gasteiger partial charge in [-0.15, -0.1) is 11.3 Å². The van der Waals surface area contributed by atoms with Crippen LogP contribution in [0.25, 0.3) is 16.1 Å². The molecule has 0 bridgehead atoms. The Balaban J connectivity index is 1.75. The molecule has 3 aromatic carbocycles. The predicted octanol–water partition coefficient (Wildman–Crippen LogP) is 8.30. The number of sulfone groups is 1. The molecule has 0 aliphatic heterocycles. The lowest BCUT2D eigenvalue weighted by Gasteiger charge is -2.16. The van der Waals surface area contributed by atoms with Gasteiger partial charge in [0, 0.05) is 16.2 Å². The molecule has 4 rings (SSSR count). The van der Waals surface area contributed by atoms with Gasteiger partial charge in [-0.25, -0.2) is 8.42 Å². The molecule has 196 valence electrons. The van der Waals surface area contributed by atoms with Gasteiger partial charge in [-0.05, 0) is 66.2 Å². The van der Waals surface area contributed by atoms with E-state index in [0.717, 1.165) is 17.6 Å². The van der Waals surface area contributed by atoms with E-state index in [0.29, 0.717) is 37.9 Å². The number of hydrogen-bond acceptors (Lipinski definition) is 6. The van der Waals surface area contributed by atoms with Crippen molar-refractivity contribution in [3.63, 3.8) is 0 Å². The smallest absolute Gasteiger partial charge is 0.432 e. The van der Waals surface area contributed by atoms with E-state index in [-0.39, 0.29) is 16.3 Å². The second-order valence-electron chi connectivity index (χ2n) is 8.11. The highest BCUT2D eigenvalue weighted by atomic mass is 35.5. The fourth-order valence-electron chi connectivity index (χ4n) is 3.36. The fraction of sp³-hybridized carbons (Fsp3) is 0.0741. The molecular formula is C27H20ClF3N2O3S2. The molecule has 0 amide bonds. The Morgan fingerprint density at radius 2 is 1.74 bits per heavy atom. The van der Waals surface area contributed by atoms with Gasteiger partial charge in [0.2, 0.25) is 0 Å². The zero-order valence-corrected chi connectivity index (χ0v) is 22.1. The molecule has 0 aliphatic rings. The summed E-state index contributed by atoms with van der Waals surface area (Å²) in [6, 6.07) is 23.1. The van der Waals surface area contributed by atoms with Gasteiger partial charge in [0.15, 0.2) is 15.6 Å². The van der Waals surface area contributed by atoms with Crippen molar-refractivity contribution < 1.29 is 26.3 Å². The summed E-state index contributed by atoms with van der Waals surface area (Å²) < 4.78 is 69.8. The summed E-state index contributed by atoms with van der Waals surface area (Å²) in [7, 11) is -3.45. The zero-order valence-electron chi connectivity index (χ0n) is 19.7. The van der Waals surface area contributed by atoms with Crippen LogP contribution in [0, 0.1) is 5.41 Å². The topological polar surface area (TPSA) is 79.2 Å². The minimum atomic E-state index is -4.87. The van der Waals surface area contributed by atoms with Gasteiger partial charge in [-0.3, -0.25) is 5.41 Å². The van der Waals surface area contributed by atoms with Crippen molar-refractivity contribution in [1.29, 1.82) is 5.41 Å². The number of anilines is 1. The summed E-state index contributed by atoms with van der Waals surface area (Å²) in [6.45, 7) is 0. The normalized spacial score (nSPS) is 12.3. The van der Waals surface area contributed by atoms with Crippen LogP contribution in [0.2, 0.25) is 5.02 Å². The Kier molecular flexibility index (Phi) is 7.96. The van der Waals surface area contributed by atoms with Gasteiger partial charge in [0.1, 0.15) is 11.5 Å². The molecule has 0 unspecified atom stereocenters. The Morgan fingerprint density at radius 1 is 1.00 bits per heavy atom. The Labute approximate surface area is 226 Å². The van der Waals surface area contributed by atoms with E-state index >= 15 is 0 Å². The third-order valence-electron chi connectivity index (χ3n) is 5.19. The number of rotatable bonds is 8. The van der Waals surface area contributed by atoms with Crippen molar-refractivity contribution in [2.24, 2.45) is 0 Å². The van der Waals surface area contributed by atoms with Crippen LogP contribution in [-0.2, 0) is 9.84 Å². The Bertz CT molecular complexity index is 1620. The average molecular weight is 577 g/mol. The molecule has 0 fully saturated rings. The lowest BCUT2D eigenvalue weighted by Crippen LogP contribution is -2.20. The number of nitrogens with one attached hydrogen (secondary N) is 2. The third kappa shape index (κ3) is 6.83. The average Bonchev–Trinajstić information content (AvgIpc) is 3.35. The van der Waals surface area contributed by atoms with Gasteiger partial charge in [-0.1, -0.05) is 41.9 Å². The predicted molar refractivity (Wildman–Crippen MR) is 146 cm³/mol. The van der Waals surface area contributed by atoms with Crippen LogP contribution in [0.3, 0.4) is 0 Å². The van der Waals surface area contributed by atoms with E-state index in [1.165, 1.54) is 18.2 Å². The van der Waals surface area contributed by atoms with Crippen molar-refractivity contribution >= 4 is 49.9 Å². The summed E-state index contributed by atoms with van der Waals surface area (Å²) >= 11 is 7.32. The molecule has 2 N–H and O–H groups in total. The molecule has 11 heteroatoms. The Morgan fingerprint density at radius 3 is 2.42 bits per heavy atom. The van der Waals surface area contributed by atoms with Crippen molar-refractivity contribution in [2.75, 3.05) is 11.6 Å².